The number of ether oxygens (including phenoxy) is 1. The SMILES string of the molecule is CC(CC1CCC1)NC(C)c1cccc(OC(C)C)c1. The maximum Gasteiger partial charge on any atom is 0.120 e. The molecule has 2 atom stereocenters. The minimum Gasteiger partial charge on any atom is -0.491 e. The summed E-state index contributed by atoms with van der Waals surface area (Å²) < 4.78 is 5.77. The van der Waals surface area contributed by atoms with Gasteiger partial charge in [0.1, 0.15) is 5.75 Å². The Labute approximate surface area is 123 Å². The van der Waals surface area contributed by atoms with Gasteiger partial charge in [0.25, 0.3) is 0 Å². The van der Waals surface area contributed by atoms with E-state index in [4.69, 9.17) is 4.74 Å². The highest BCUT2D eigenvalue weighted by atomic mass is 16.5. The molecule has 1 aromatic carbocycles. The van der Waals surface area contributed by atoms with Gasteiger partial charge in [0, 0.05) is 12.1 Å². The van der Waals surface area contributed by atoms with Crippen LogP contribution in [0, 0.1) is 5.92 Å². The molecule has 1 N–H and O–H groups in total. The van der Waals surface area contributed by atoms with Gasteiger partial charge in [-0.25, -0.2) is 0 Å². The molecule has 0 saturated heterocycles. The van der Waals surface area contributed by atoms with Gasteiger partial charge in [0.05, 0.1) is 6.10 Å². The second kappa shape index (κ2) is 7.12. The third-order valence-corrected chi connectivity index (χ3v) is 4.18. The average Bonchev–Trinajstić information content (AvgIpc) is 2.33. The van der Waals surface area contributed by atoms with Crippen LogP contribution in [-0.4, -0.2) is 12.1 Å². The lowest BCUT2D eigenvalue weighted by Gasteiger charge is -2.30. The van der Waals surface area contributed by atoms with Crippen molar-refractivity contribution in [2.24, 2.45) is 5.92 Å². The monoisotopic (exact) mass is 275 g/mol. The molecular weight excluding hydrogens is 246 g/mol. The van der Waals surface area contributed by atoms with Crippen LogP contribution in [0.25, 0.3) is 0 Å². The van der Waals surface area contributed by atoms with Crippen molar-refractivity contribution < 1.29 is 4.74 Å². The van der Waals surface area contributed by atoms with E-state index in [0.717, 1.165) is 11.7 Å². The predicted molar refractivity (Wildman–Crippen MR) is 85.2 cm³/mol. The van der Waals surface area contributed by atoms with E-state index in [9.17, 15) is 0 Å². The summed E-state index contributed by atoms with van der Waals surface area (Å²) in [5.41, 5.74) is 1.31. The van der Waals surface area contributed by atoms with Gasteiger partial charge in [-0.05, 0) is 57.7 Å². The molecule has 1 aromatic rings. The fourth-order valence-corrected chi connectivity index (χ4v) is 2.95. The summed E-state index contributed by atoms with van der Waals surface area (Å²) in [5, 5.41) is 3.72. The van der Waals surface area contributed by atoms with Crippen molar-refractivity contribution in [1.82, 2.24) is 5.32 Å². The number of hydrogen-bond donors (Lipinski definition) is 1. The normalized spacial score (nSPS) is 18.6. The van der Waals surface area contributed by atoms with E-state index in [2.05, 4.69) is 51.2 Å². The largest absolute Gasteiger partial charge is 0.491 e. The Morgan fingerprint density at radius 2 is 1.95 bits per heavy atom. The second-order valence-electron chi connectivity index (χ2n) is 6.56. The Hall–Kier alpha value is -1.02. The molecule has 0 aliphatic heterocycles. The topological polar surface area (TPSA) is 21.3 Å². The molecule has 0 aromatic heterocycles. The first kappa shape index (κ1) is 15.4. The van der Waals surface area contributed by atoms with Crippen LogP contribution in [0.2, 0.25) is 0 Å². The number of nitrogens with one attached hydrogen (secondary N) is 1. The lowest BCUT2D eigenvalue weighted by atomic mass is 9.81. The minimum atomic E-state index is 0.228. The molecule has 0 heterocycles. The maximum absolute atomic E-state index is 5.77. The van der Waals surface area contributed by atoms with Crippen molar-refractivity contribution in [3.05, 3.63) is 29.8 Å². The first-order valence-corrected chi connectivity index (χ1v) is 8.07. The fourth-order valence-electron chi connectivity index (χ4n) is 2.95. The lowest BCUT2D eigenvalue weighted by molar-refractivity contribution is 0.241. The molecule has 2 heteroatoms. The molecule has 112 valence electrons. The number of benzene rings is 1. The Kier molecular flexibility index (Phi) is 5.47. The smallest absolute Gasteiger partial charge is 0.120 e. The second-order valence-corrected chi connectivity index (χ2v) is 6.56. The van der Waals surface area contributed by atoms with Gasteiger partial charge in [-0.15, -0.1) is 0 Å². The summed E-state index contributed by atoms with van der Waals surface area (Å²) in [6, 6.07) is 9.43. The van der Waals surface area contributed by atoms with Crippen molar-refractivity contribution in [2.75, 3.05) is 0 Å². The molecular formula is C18H29NO. The Balaban J connectivity index is 1.88. The van der Waals surface area contributed by atoms with Crippen molar-refractivity contribution in [2.45, 2.75) is 71.6 Å². The summed E-state index contributed by atoms with van der Waals surface area (Å²) in [5.74, 6) is 1.93. The molecule has 2 unspecified atom stereocenters. The Morgan fingerprint density at radius 1 is 1.20 bits per heavy atom. The standard InChI is InChI=1S/C18H29NO/c1-13(2)20-18-10-6-9-17(12-18)15(4)19-14(3)11-16-7-5-8-16/h6,9-10,12-16,19H,5,7-8,11H2,1-4H3. The van der Waals surface area contributed by atoms with Crippen LogP contribution >= 0.6 is 0 Å². The first-order chi connectivity index (χ1) is 9.54. The Morgan fingerprint density at radius 3 is 2.55 bits per heavy atom. The molecule has 20 heavy (non-hydrogen) atoms. The molecule has 2 nitrogen and oxygen atoms in total. The van der Waals surface area contributed by atoms with E-state index < -0.39 is 0 Å². The zero-order chi connectivity index (χ0) is 14.5. The van der Waals surface area contributed by atoms with Gasteiger partial charge >= 0.3 is 0 Å². The van der Waals surface area contributed by atoms with Crippen LogP contribution in [0.15, 0.2) is 24.3 Å². The molecule has 0 spiro atoms. The molecule has 0 amide bonds. The average molecular weight is 275 g/mol. The predicted octanol–water partition coefficient (Wildman–Crippen LogP) is 4.70. The molecule has 2 rings (SSSR count). The first-order valence-electron chi connectivity index (χ1n) is 8.07. The third kappa shape index (κ3) is 4.52. The summed E-state index contributed by atoms with van der Waals surface area (Å²) in [4.78, 5) is 0. The number of hydrogen-bond acceptors (Lipinski definition) is 2. The molecule has 1 aliphatic carbocycles. The van der Waals surface area contributed by atoms with Crippen molar-refractivity contribution >= 4 is 0 Å². The summed E-state index contributed by atoms with van der Waals surface area (Å²) >= 11 is 0. The summed E-state index contributed by atoms with van der Waals surface area (Å²) in [6.45, 7) is 8.68. The van der Waals surface area contributed by atoms with E-state index >= 15 is 0 Å². The minimum absolute atomic E-state index is 0.228. The van der Waals surface area contributed by atoms with Gasteiger partial charge < -0.3 is 10.1 Å². The maximum atomic E-state index is 5.77. The van der Waals surface area contributed by atoms with Gasteiger partial charge in [-0.1, -0.05) is 31.4 Å². The zero-order valence-electron chi connectivity index (χ0n) is 13.4. The van der Waals surface area contributed by atoms with E-state index in [1.807, 2.05) is 6.07 Å². The van der Waals surface area contributed by atoms with Crippen molar-refractivity contribution in [1.29, 1.82) is 0 Å². The van der Waals surface area contributed by atoms with Gasteiger partial charge in [-0.2, -0.15) is 0 Å². The number of rotatable bonds is 7. The van der Waals surface area contributed by atoms with Crippen molar-refractivity contribution in [3.8, 4) is 5.75 Å². The van der Waals surface area contributed by atoms with E-state index in [-0.39, 0.29) is 6.10 Å². The quantitative estimate of drug-likeness (QED) is 0.778. The fraction of sp³-hybridized carbons (Fsp3) is 0.667. The highest BCUT2D eigenvalue weighted by Crippen LogP contribution is 2.31. The van der Waals surface area contributed by atoms with Gasteiger partial charge in [-0.3, -0.25) is 0 Å². The Bertz CT molecular complexity index is 412. The van der Waals surface area contributed by atoms with Crippen molar-refractivity contribution in [3.63, 3.8) is 0 Å². The van der Waals surface area contributed by atoms with Crippen LogP contribution in [0.3, 0.4) is 0 Å². The van der Waals surface area contributed by atoms with Gasteiger partial charge in [0.15, 0.2) is 0 Å². The van der Waals surface area contributed by atoms with E-state index in [1.165, 1.54) is 31.2 Å². The lowest BCUT2D eigenvalue weighted by Crippen LogP contribution is -2.32. The molecule has 0 bridgehead atoms. The van der Waals surface area contributed by atoms with E-state index in [1.54, 1.807) is 0 Å². The van der Waals surface area contributed by atoms with Crippen LogP contribution in [0.4, 0.5) is 0 Å². The molecule has 1 saturated carbocycles. The molecule has 0 radical (unpaired) electrons. The van der Waals surface area contributed by atoms with Crippen LogP contribution < -0.4 is 10.1 Å². The summed E-state index contributed by atoms with van der Waals surface area (Å²) in [6.07, 6.45) is 5.83. The summed E-state index contributed by atoms with van der Waals surface area (Å²) in [7, 11) is 0. The molecule has 1 fully saturated rings. The highest BCUT2D eigenvalue weighted by Gasteiger charge is 2.20. The van der Waals surface area contributed by atoms with Crippen LogP contribution in [0.1, 0.15) is 65.0 Å². The van der Waals surface area contributed by atoms with E-state index in [0.29, 0.717) is 12.1 Å². The third-order valence-electron chi connectivity index (χ3n) is 4.18. The highest BCUT2D eigenvalue weighted by molar-refractivity contribution is 5.30. The molecule has 1 aliphatic rings. The van der Waals surface area contributed by atoms with Gasteiger partial charge in [0.2, 0.25) is 0 Å². The van der Waals surface area contributed by atoms with Crippen LogP contribution in [-0.2, 0) is 0 Å². The van der Waals surface area contributed by atoms with Crippen LogP contribution in [0.5, 0.6) is 5.75 Å². The zero-order valence-corrected chi connectivity index (χ0v) is 13.4.